The van der Waals surface area contributed by atoms with Crippen LogP contribution in [0.1, 0.15) is 6.42 Å². The van der Waals surface area contributed by atoms with Crippen molar-refractivity contribution in [3.05, 3.63) is 30.6 Å². The molecular formula is C9H9F5N+. The molecule has 1 aromatic heterocycles. The first-order chi connectivity index (χ1) is 6.83. The zero-order valence-corrected chi connectivity index (χ0v) is 7.64. The average molecular weight is 226 g/mol. The van der Waals surface area contributed by atoms with Gasteiger partial charge in [-0.2, -0.15) is 22.0 Å². The summed E-state index contributed by atoms with van der Waals surface area (Å²) in [6, 6.07) is 4.77. The van der Waals surface area contributed by atoms with Crippen LogP contribution >= 0.6 is 0 Å². The highest BCUT2D eigenvalue weighted by Gasteiger charge is 2.57. The lowest BCUT2D eigenvalue weighted by molar-refractivity contribution is -0.700. The largest absolute Gasteiger partial charge is 0.453 e. The van der Waals surface area contributed by atoms with Gasteiger partial charge in [0, 0.05) is 12.1 Å². The number of nitrogens with zero attached hydrogens (tertiary/aromatic N) is 1. The molecule has 0 spiro atoms. The molecular weight excluding hydrogens is 217 g/mol. The summed E-state index contributed by atoms with van der Waals surface area (Å²) in [6.07, 6.45) is -3.84. The minimum Gasteiger partial charge on any atom is -0.205 e. The summed E-state index contributed by atoms with van der Waals surface area (Å²) >= 11 is 0. The zero-order chi connectivity index (χ0) is 11.5. The Balaban J connectivity index is 2.58. The van der Waals surface area contributed by atoms with Crippen molar-refractivity contribution >= 4 is 0 Å². The summed E-state index contributed by atoms with van der Waals surface area (Å²) in [4.78, 5) is 0. The van der Waals surface area contributed by atoms with Crippen molar-refractivity contribution in [1.29, 1.82) is 0 Å². The van der Waals surface area contributed by atoms with E-state index < -0.39 is 18.5 Å². The van der Waals surface area contributed by atoms with Crippen LogP contribution in [0, 0.1) is 0 Å². The van der Waals surface area contributed by atoms with Crippen LogP contribution in [0.4, 0.5) is 22.0 Å². The van der Waals surface area contributed by atoms with Crippen LogP contribution in [0.2, 0.25) is 0 Å². The van der Waals surface area contributed by atoms with Crippen LogP contribution in [0.25, 0.3) is 0 Å². The maximum atomic E-state index is 12.5. The number of alkyl halides is 5. The molecule has 0 atom stereocenters. The third-order valence-corrected chi connectivity index (χ3v) is 1.88. The fourth-order valence-electron chi connectivity index (χ4n) is 0.995. The number of aryl methyl sites for hydroxylation is 1. The third-order valence-electron chi connectivity index (χ3n) is 1.88. The van der Waals surface area contributed by atoms with Crippen LogP contribution in [0.15, 0.2) is 30.6 Å². The number of rotatable bonds is 3. The quantitative estimate of drug-likeness (QED) is 0.551. The van der Waals surface area contributed by atoms with Gasteiger partial charge in [0.2, 0.25) is 0 Å². The van der Waals surface area contributed by atoms with Gasteiger partial charge in [-0.05, 0) is 0 Å². The molecule has 0 saturated carbocycles. The van der Waals surface area contributed by atoms with E-state index in [1.165, 1.54) is 17.0 Å². The van der Waals surface area contributed by atoms with Gasteiger partial charge in [0.25, 0.3) is 0 Å². The Morgan fingerprint density at radius 1 is 0.867 bits per heavy atom. The van der Waals surface area contributed by atoms with Crippen LogP contribution in [-0.4, -0.2) is 12.1 Å². The van der Waals surface area contributed by atoms with Crippen molar-refractivity contribution < 1.29 is 26.5 Å². The minimum atomic E-state index is -5.47. The summed E-state index contributed by atoms with van der Waals surface area (Å²) in [5, 5.41) is 0. The fraction of sp³-hybridized carbons (Fsp3) is 0.444. The molecule has 1 rings (SSSR count). The van der Waals surface area contributed by atoms with Crippen LogP contribution in [0.3, 0.4) is 0 Å². The van der Waals surface area contributed by atoms with E-state index in [1.54, 1.807) is 18.2 Å². The smallest absolute Gasteiger partial charge is 0.205 e. The van der Waals surface area contributed by atoms with Crippen LogP contribution in [-0.2, 0) is 6.54 Å². The second kappa shape index (κ2) is 4.12. The van der Waals surface area contributed by atoms with E-state index in [1.807, 2.05) is 0 Å². The summed E-state index contributed by atoms with van der Waals surface area (Å²) < 4.78 is 61.6. The lowest BCUT2D eigenvalue weighted by Gasteiger charge is -2.17. The predicted molar refractivity (Wildman–Crippen MR) is 42.3 cm³/mol. The van der Waals surface area contributed by atoms with Crippen molar-refractivity contribution in [1.82, 2.24) is 0 Å². The zero-order valence-electron chi connectivity index (χ0n) is 7.64. The molecule has 0 bridgehead atoms. The Morgan fingerprint density at radius 3 is 1.87 bits per heavy atom. The van der Waals surface area contributed by atoms with Crippen molar-refractivity contribution in [2.45, 2.75) is 25.1 Å². The van der Waals surface area contributed by atoms with Gasteiger partial charge in [-0.15, -0.1) is 0 Å². The number of pyridine rings is 1. The van der Waals surface area contributed by atoms with Crippen molar-refractivity contribution in [2.24, 2.45) is 0 Å². The van der Waals surface area contributed by atoms with Crippen molar-refractivity contribution in [3.8, 4) is 0 Å². The first-order valence-corrected chi connectivity index (χ1v) is 4.21. The summed E-state index contributed by atoms with van der Waals surface area (Å²) in [6.45, 7) is -0.368. The maximum absolute atomic E-state index is 12.5. The van der Waals surface area contributed by atoms with Gasteiger partial charge in [-0.25, -0.2) is 4.57 Å². The van der Waals surface area contributed by atoms with Gasteiger partial charge in [0.1, 0.15) is 0 Å². The van der Waals surface area contributed by atoms with E-state index >= 15 is 0 Å². The Hall–Kier alpha value is -1.20. The predicted octanol–water partition coefficient (Wildman–Crippen LogP) is 2.56. The topological polar surface area (TPSA) is 3.88 Å². The van der Waals surface area contributed by atoms with Gasteiger partial charge >= 0.3 is 12.1 Å². The number of hydrogen-bond donors (Lipinski definition) is 0. The summed E-state index contributed by atoms with van der Waals surface area (Å²) in [5.41, 5.74) is 0. The molecule has 0 radical (unpaired) electrons. The lowest BCUT2D eigenvalue weighted by Crippen LogP contribution is -2.42. The molecule has 0 aromatic carbocycles. The van der Waals surface area contributed by atoms with Crippen molar-refractivity contribution in [2.75, 3.05) is 0 Å². The Labute approximate surface area is 83.1 Å². The molecule has 1 heterocycles. The van der Waals surface area contributed by atoms with E-state index in [0.717, 1.165) is 0 Å². The second-order valence-corrected chi connectivity index (χ2v) is 3.07. The standard InChI is InChI=1S/C9H9F5N/c10-8(11,9(12,13)14)4-7-15-5-2-1-3-6-15/h1-3,5-6H,4,7H2/q+1. The highest BCUT2D eigenvalue weighted by atomic mass is 19.4. The average Bonchev–Trinajstić information content (AvgIpc) is 2.15. The Bertz CT molecular complexity index is 306. The highest BCUT2D eigenvalue weighted by Crippen LogP contribution is 2.37. The SMILES string of the molecule is FC(F)(F)C(F)(F)CC[n+]1ccccc1. The van der Waals surface area contributed by atoms with E-state index in [4.69, 9.17) is 0 Å². The fourth-order valence-corrected chi connectivity index (χ4v) is 0.995. The molecule has 1 aromatic rings. The van der Waals surface area contributed by atoms with Crippen LogP contribution < -0.4 is 4.57 Å². The van der Waals surface area contributed by atoms with Gasteiger partial charge < -0.3 is 0 Å². The molecule has 6 heteroatoms. The molecule has 1 nitrogen and oxygen atoms in total. The molecule has 0 N–H and O–H groups in total. The van der Waals surface area contributed by atoms with Gasteiger partial charge in [-0.3, -0.25) is 0 Å². The lowest BCUT2D eigenvalue weighted by atomic mass is 10.2. The van der Waals surface area contributed by atoms with Gasteiger partial charge in [0.15, 0.2) is 18.9 Å². The minimum absolute atomic E-state index is 0.368. The first-order valence-electron chi connectivity index (χ1n) is 4.21. The molecule has 0 aliphatic rings. The molecule has 0 aliphatic carbocycles. The molecule has 15 heavy (non-hydrogen) atoms. The van der Waals surface area contributed by atoms with E-state index in [0.29, 0.717) is 0 Å². The molecule has 0 aliphatic heterocycles. The third kappa shape index (κ3) is 3.14. The Kier molecular flexibility index (Phi) is 3.26. The number of halogens is 5. The number of aromatic nitrogens is 1. The summed E-state index contributed by atoms with van der Waals surface area (Å²) in [5.74, 6) is -4.63. The molecule has 0 saturated heterocycles. The highest BCUT2D eigenvalue weighted by molar-refractivity contribution is 4.83. The number of hydrogen-bond acceptors (Lipinski definition) is 0. The second-order valence-electron chi connectivity index (χ2n) is 3.07. The van der Waals surface area contributed by atoms with E-state index in [2.05, 4.69) is 0 Å². The first kappa shape index (κ1) is 11.9. The summed E-state index contributed by atoms with van der Waals surface area (Å²) in [7, 11) is 0. The van der Waals surface area contributed by atoms with E-state index in [9.17, 15) is 22.0 Å². The Morgan fingerprint density at radius 2 is 1.40 bits per heavy atom. The van der Waals surface area contributed by atoms with Gasteiger partial charge in [-0.1, -0.05) is 6.07 Å². The monoisotopic (exact) mass is 226 g/mol. The van der Waals surface area contributed by atoms with Gasteiger partial charge in [0.05, 0.1) is 6.42 Å². The van der Waals surface area contributed by atoms with E-state index in [-0.39, 0.29) is 6.54 Å². The molecule has 0 fully saturated rings. The molecule has 0 unspecified atom stereocenters. The maximum Gasteiger partial charge on any atom is 0.453 e. The molecule has 0 amide bonds. The normalized spacial score (nSPS) is 12.9. The van der Waals surface area contributed by atoms with Crippen molar-refractivity contribution in [3.63, 3.8) is 0 Å². The molecule has 84 valence electrons. The van der Waals surface area contributed by atoms with Crippen LogP contribution in [0.5, 0.6) is 0 Å².